The largest absolute Gasteiger partial charge is 0.391 e. The van der Waals surface area contributed by atoms with E-state index < -0.39 is 6.10 Å². The first-order valence-electron chi connectivity index (χ1n) is 8.68. The smallest absolute Gasteiger partial charge is 0.261 e. The number of Topliss-reactive ketones (excluding diaryl/α,β-unsaturated/α-hetero) is 1. The van der Waals surface area contributed by atoms with Crippen molar-refractivity contribution in [2.75, 3.05) is 6.54 Å². The van der Waals surface area contributed by atoms with Gasteiger partial charge < -0.3 is 10.4 Å². The van der Waals surface area contributed by atoms with E-state index >= 15 is 0 Å². The lowest BCUT2D eigenvalue weighted by atomic mass is 9.86. The summed E-state index contributed by atoms with van der Waals surface area (Å²) in [5.41, 5.74) is 1.42. The van der Waals surface area contributed by atoms with Crippen molar-refractivity contribution in [1.29, 1.82) is 0 Å². The summed E-state index contributed by atoms with van der Waals surface area (Å²) in [4.78, 5) is 29.4. The number of aliphatic hydroxyl groups is 1. The van der Waals surface area contributed by atoms with Crippen LogP contribution < -0.4 is 10.9 Å². The van der Waals surface area contributed by atoms with Crippen LogP contribution in [-0.2, 0) is 16.8 Å². The summed E-state index contributed by atoms with van der Waals surface area (Å²) in [6, 6.07) is 5.48. The van der Waals surface area contributed by atoms with Gasteiger partial charge in [-0.3, -0.25) is 14.2 Å². The predicted octanol–water partition coefficient (Wildman–Crippen LogP) is 1.38. The number of aliphatic hydroxyl groups excluding tert-OH is 1. The van der Waals surface area contributed by atoms with Crippen molar-refractivity contribution < 1.29 is 9.90 Å². The second-order valence-electron chi connectivity index (χ2n) is 7.82. The van der Waals surface area contributed by atoms with Gasteiger partial charge in [-0.1, -0.05) is 26.8 Å². The van der Waals surface area contributed by atoms with Crippen LogP contribution in [0.1, 0.15) is 39.2 Å². The van der Waals surface area contributed by atoms with Crippen LogP contribution in [0, 0.1) is 0 Å². The Labute approximate surface area is 146 Å². The topological polar surface area (TPSA) is 84.2 Å². The fourth-order valence-corrected chi connectivity index (χ4v) is 3.20. The zero-order valence-corrected chi connectivity index (χ0v) is 15.0. The van der Waals surface area contributed by atoms with Gasteiger partial charge in [0.2, 0.25) is 0 Å². The second kappa shape index (κ2) is 6.69. The molecule has 134 valence electrons. The summed E-state index contributed by atoms with van der Waals surface area (Å²) in [7, 11) is 0. The van der Waals surface area contributed by atoms with Crippen molar-refractivity contribution in [2.24, 2.45) is 0 Å². The van der Waals surface area contributed by atoms with E-state index in [4.69, 9.17) is 0 Å². The van der Waals surface area contributed by atoms with E-state index in [2.05, 4.69) is 31.1 Å². The van der Waals surface area contributed by atoms with E-state index in [9.17, 15) is 14.7 Å². The Kier molecular flexibility index (Phi) is 4.75. The molecule has 0 aliphatic carbocycles. The Morgan fingerprint density at radius 2 is 2.16 bits per heavy atom. The van der Waals surface area contributed by atoms with Gasteiger partial charge in [-0.15, -0.1) is 0 Å². The third kappa shape index (κ3) is 3.80. The van der Waals surface area contributed by atoms with Crippen molar-refractivity contribution in [2.45, 2.75) is 57.7 Å². The second-order valence-corrected chi connectivity index (χ2v) is 7.82. The Morgan fingerprint density at radius 3 is 2.80 bits per heavy atom. The van der Waals surface area contributed by atoms with Gasteiger partial charge in [0.25, 0.3) is 5.56 Å². The van der Waals surface area contributed by atoms with Crippen LogP contribution in [0.2, 0.25) is 0 Å². The molecular weight excluding hydrogens is 318 g/mol. The van der Waals surface area contributed by atoms with E-state index in [0.29, 0.717) is 23.9 Å². The lowest BCUT2D eigenvalue weighted by molar-refractivity contribution is -0.120. The van der Waals surface area contributed by atoms with Gasteiger partial charge in [-0.05, 0) is 36.1 Å². The number of nitrogens with one attached hydrogen (secondary N) is 1. The van der Waals surface area contributed by atoms with E-state index in [1.807, 2.05) is 18.2 Å². The number of ketones is 1. The molecule has 1 aliphatic rings. The van der Waals surface area contributed by atoms with Crippen molar-refractivity contribution in [3.05, 3.63) is 40.4 Å². The number of rotatable bonds is 4. The van der Waals surface area contributed by atoms with Crippen LogP contribution in [0.15, 0.2) is 29.3 Å². The Hall–Kier alpha value is -2.05. The molecule has 1 aromatic carbocycles. The number of aromatic nitrogens is 2. The van der Waals surface area contributed by atoms with Crippen LogP contribution in [0.5, 0.6) is 0 Å². The molecule has 0 spiro atoms. The SMILES string of the molecule is CC(C)(C)c1ccc2ncn(CC(=O)C[C@H]3NCC[C@@H]3O)c(=O)c2c1. The first-order chi connectivity index (χ1) is 11.8. The lowest BCUT2D eigenvalue weighted by Gasteiger charge is -2.19. The van der Waals surface area contributed by atoms with Crippen LogP contribution in [0.25, 0.3) is 10.9 Å². The van der Waals surface area contributed by atoms with Crippen LogP contribution >= 0.6 is 0 Å². The molecule has 2 aromatic rings. The Balaban J connectivity index is 1.85. The summed E-state index contributed by atoms with van der Waals surface area (Å²) in [6.07, 6.45) is 1.81. The Bertz CT molecular complexity index is 851. The first-order valence-corrected chi connectivity index (χ1v) is 8.68. The van der Waals surface area contributed by atoms with Crippen LogP contribution in [0.3, 0.4) is 0 Å². The van der Waals surface area contributed by atoms with E-state index in [1.165, 1.54) is 10.9 Å². The third-order valence-electron chi connectivity index (χ3n) is 4.80. The number of carbonyl (C=O) groups is 1. The lowest BCUT2D eigenvalue weighted by Crippen LogP contribution is -2.34. The molecule has 2 heterocycles. The molecule has 25 heavy (non-hydrogen) atoms. The van der Waals surface area contributed by atoms with Gasteiger partial charge in [0, 0.05) is 12.5 Å². The molecule has 2 atom stereocenters. The molecular formula is C19H25N3O3. The summed E-state index contributed by atoms with van der Waals surface area (Å²) < 4.78 is 1.36. The molecule has 0 amide bonds. The number of hydrogen-bond donors (Lipinski definition) is 2. The molecule has 3 rings (SSSR count). The summed E-state index contributed by atoms with van der Waals surface area (Å²) >= 11 is 0. The zero-order chi connectivity index (χ0) is 18.2. The highest BCUT2D eigenvalue weighted by Crippen LogP contribution is 2.24. The van der Waals surface area contributed by atoms with E-state index in [-0.39, 0.29) is 35.8 Å². The van der Waals surface area contributed by atoms with Crippen molar-refractivity contribution in [1.82, 2.24) is 14.9 Å². The highest BCUT2D eigenvalue weighted by molar-refractivity contribution is 5.81. The minimum absolute atomic E-state index is 0.0214. The van der Waals surface area contributed by atoms with Gasteiger partial charge in [-0.2, -0.15) is 0 Å². The predicted molar refractivity (Wildman–Crippen MR) is 96.7 cm³/mol. The number of benzene rings is 1. The fraction of sp³-hybridized carbons (Fsp3) is 0.526. The van der Waals surface area contributed by atoms with Gasteiger partial charge in [0.05, 0.1) is 29.9 Å². The molecule has 1 aromatic heterocycles. The minimum Gasteiger partial charge on any atom is -0.391 e. The highest BCUT2D eigenvalue weighted by Gasteiger charge is 2.26. The number of fused-ring (bicyclic) bond motifs is 1. The third-order valence-corrected chi connectivity index (χ3v) is 4.80. The maximum Gasteiger partial charge on any atom is 0.261 e. The molecule has 0 unspecified atom stereocenters. The molecule has 2 N–H and O–H groups in total. The molecule has 0 bridgehead atoms. The molecule has 0 saturated carbocycles. The molecule has 6 nitrogen and oxygen atoms in total. The highest BCUT2D eigenvalue weighted by atomic mass is 16.3. The quantitative estimate of drug-likeness (QED) is 0.876. The fourth-order valence-electron chi connectivity index (χ4n) is 3.20. The molecule has 1 saturated heterocycles. The number of carbonyl (C=O) groups excluding carboxylic acids is 1. The molecule has 0 radical (unpaired) electrons. The minimum atomic E-state index is -0.496. The van der Waals surface area contributed by atoms with Crippen molar-refractivity contribution in [3.63, 3.8) is 0 Å². The summed E-state index contributed by atoms with van der Waals surface area (Å²) in [6.45, 7) is 6.96. The average Bonchev–Trinajstić information content (AvgIpc) is 2.94. The van der Waals surface area contributed by atoms with Gasteiger partial charge in [0.15, 0.2) is 5.78 Å². The van der Waals surface area contributed by atoms with Crippen LogP contribution in [0.4, 0.5) is 0 Å². The number of nitrogens with zero attached hydrogens (tertiary/aromatic N) is 2. The standard InChI is InChI=1S/C19H25N3O3/c1-19(2,3)12-4-5-15-14(8-12)18(25)22(11-21-15)10-13(23)9-16-17(24)6-7-20-16/h4-5,8,11,16-17,20,24H,6-7,9-10H2,1-3H3/t16-,17+/m1/s1. The monoisotopic (exact) mass is 343 g/mol. The van der Waals surface area contributed by atoms with Gasteiger partial charge in [0.1, 0.15) is 0 Å². The molecule has 1 aliphatic heterocycles. The Morgan fingerprint density at radius 1 is 1.40 bits per heavy atom. The molecule has 6 heteroatoms. The van der Waals surface area contributed by atoms with Crippen LogP contribution in [-0.4, -0.2) is 39.1 Å². The first kappa shape index (κ1) is 17.8. The van der Waals surface area contributed by atoms with Crippen molar-refractivity contribution in [3.8, 4) is 0 Å². The molecule has 1 fully saturated rings. The average molecular weight is 343 g/mol. The zero-order valence-electron chi connectivity index (χ0n) is 15.0. The summed E-state index contributed by atoms with van der Waals surface area (Å²) in [5, 5.41) is 13.5. The number of hydrogen-bond acceptors (Lipinski definition) is 5. The summed E-state index contributed by atoms with van der Waals surface area (Å²) in [5.74, 6) is -0.0892. The van der Waals surface area contributed by atoms with Gasteiger partial charge in [-0.25, -0.2) is 4.98 Å². The van der Waals surface area contributed by atoms with Gasteiger partial charge >= 0.3 is 0 Å². The van der Waals surface area contributed by atoms with E-state index in [1.54, 1.807) is 0 Å². The maximum atomic E-state index is 12.8. The maximum absolute atomic E-state index is 12.8. The normalized spacial score (nSPS) is 21.0. The van der Waals surface area contributed by atoms with E-state index in [0.717, 1.165) is 5.56 Å². The van der Waals surface area contributed by atoms with Crippen molar-refractivity contribution >= 4 is 16.7 Å².